The lowest BCUT2D eigenvalue weighted by Gasteiger charge is -2.17. The van der Waals surface area contributed by atoms with Crippen molar-refractivity contribution < 1.29 is 4.79 Å². The van der Waals surface area contributed by atoms with E-state index < -0.39 is 0 Å². The maximum absolute atomic E-state index is 13.2. The van der Waals surface area contributed by atoms with Crippen LogP contribution in [-0.4, -0.2) is 15.5 Å². The summed E-state index contributed by atoms with van der Waals surface area (Å²) >= 11 is 5.05. The molecule has 1 N–H and O–H groups in total. The van der Waals surface area contributed by atoms with Crippen LogP contribution in [0.5, 0.6) is 0 Å². The first-order valence-electron chi connectivity index (χ1n) is 9.00. The second kappa shape index (κ2) is 7.20. The van der Waals surface area contributed by atoms with Gasteiger partial charge in [-0.1, -0.05) is 19.1 Å². The van der Waals surface area contributed by atoms with Crippen molar-refractivity contribution >= 4 is 49.1 Å². The molecule has 4 rings (SSSR count). The van der Waals surface area contributed by atoms with Gasteiger partial charge in [-0.05, 0) is 65.7 Å². The Bertz CT molecular complexity index is 1100. The summed E-state index contributed by atoms with van der Waals surface area (Å²) in [4.78, 5) is 32.4. The Morgan fingerprint density at radius 1 is 1.41 bits per heavy atom. The zero-order valence-corrected chi connectivity index (χ0v) is 17.6. The van der Waals surface area contributed by atoms with Crippen LogP contribution in [0.4, 0.5) is 5.69 Å². The molecule has 0 fully saturated rings. The zero-order valence-electron chi connectivity index (χ0n) is 15.2. The number of amides is 1. The van der Waals surface area contributed by atoms with Crippen molar-refractivity contribution in [3.05, 3.63) is 55.4 Å². The third-order valence-corrected chi connectivity index (χ3v) is 6.90. The lowest BCUT2D eigenvalue weighted by molar-refractivity contribution is -0.116. The number of aryl methyl sites for hydroxylation is 2. The van der Waals surface area contributed by atoms with E-state index in [4.69, 9.17) is 0 Å². The number of carbonyl (C=O) groups is 1. The van der Waals surface area contributed by atoms with Crippen LogP contribution in [-0.2, 0) is 24.2 Å². The van der Waals surface area contributed by atoms with Crippen molar-refractivity contribution in [3.63, 3.8) is 0 Å². The van der Waals surface area contributed by atoms with Crippen LogP contribution in [0, 0.1) is 12.8 Å². The predicted molar refractivity (Wildman–Crippen MR) is 113 cm³/mol. The minimum absolute atomic E-state index is 0.0457. The molecule has 0 aliphatic heterocycles. The van der Waals surface area contributed by atoms with Gasteiger partial charge < -0.3 is 5.32 Å². The second-order valence-corrected chi connectivity index (χ2v) is 9.05. The van der Waals surface area contributed by atoms with Crippen molar-refractivity contribution in [3.8, 4) is 0 Å². The Morgan fingerprint density at radius 3 is 2.96 bits per heavy atom. The number of anilines is 1. The number of rotatable bonds is 3. The number of benzene rings is 1. The highest BCUT2D eigenvalue weighted by Crippen LogP contribution is 2.35. The van der Waals surface area contributed by atoms with E-state index in [0.29, 0.717) is 22.8 Å². The molecule has 140 valence electrons. The molecule has 27 heavy (non-hydrogen) atoms. The third-order valence-electron chi connectivity index (χ3n) is 5.06. The Kier molecular flexibility index (Phi) is 4.90. The lowest BCUT2D eigenvalue weighted by atomic mass is 9.89. The number of hydrogen-bond acceptors (Lipinski definition) is 4. The van der Waals surface area contributed by atoms with Gasteiger partial charge >= 0.3 is 0 Å². The number of carbonyl (C=O) groups excluding carboxylic acids is 1. The van der Waals surface area contributed by atoms with E-state index in [1.807, 2.05) is 24.3 Å². The molecule has 3 aromatic rings. The van der Waals surface area contributed by atoms with Crippen LogP contribution < -0.4 is 10.9 Å². The molecule has 0 saturated heterocycles. The lowest BCUT2D eigenvalue weighted by Crippen LogP contribution is -2.30. The molecule has 2 heterocycles. The second-order valence-electron chi connectivity index (χ2n) is 7.11. The molecule has 5 nitrogen and oxygen atoms in total. The first-order valence-corrected chi connectivity index (χ1v) is 10.6. The number of aromatic nitrogens is 2. The molecule has 0 bridgehead atoms. The van der Waals surface area contributed by atoms with Crippen LogP contribution >= 0.6 is 27.3 Å². The molecular weight excluding hydrogens is 426 g/mol. The zero-order chi connectivity index (χ0) is 19.1. The summed E-state index contributed by atoms with van der Waals surface area (Å²) in [5, 5.41) is 3.56. The minimum Gasteiger partial charge on any atom is -0.324 e. The van der Waals surface area contributed by atoms with E-state index in [0.717, 1.165) is 34.1 Å². The van der Waals surface area contributed by atoms with Crippen molar-refractivity contribution in [2.45, 2.75) is 39.7 Å². The highest BCUT2D eigenvalue weighted by molar-refractivity contribution is 9.10. The highest BCUT2D eigenvalue weighted by atomic mass is 79.9. The maximum Gasteiger partial charge on any atom is 0.263 e. The molecule has 2 aromatic heterocycles. The van der Waals surface area contributed by atoms with Gasteiger partial charge in [0.25, 0.3) is 5.56 Å². The maximum atomic E-state index is 13.2. The first kappa shape index (κ1) is 18.4. The van der Waals surface area contributed by atoms with Crippen molar-refractivity contribution in [2.75, 3.05) is 5.32 Å². The molecule has 0 radical (unpaired) electrons. The number of halogens is 1. The first-order chi connectivity index (χ1) is 12.9. The van der Waals surface area contributed by atoms with Crippen LogP contribution in [0.2, 0.25) is 0 Å². The summed E-state index contributed by atoms with van der Waals surface area (Å²) in [7, 11) is 0. The predicted octanol–water partition coefficient (Wildman–Crippen LogP) is 4.29. The largest absolute Gasteiger partial charge is 0.324 e. The fraction of sp³-hybridized carbons (Fsp3) is 0.350. The van der Waals surface area contributed by atoms with Gasteiger partial charge in [0.1, 0.15) is 17.2 Å². The average molecular weight is 446 g/mol. The monoisotopic (exact) mass is 445 g/mol. The Hall–Kier alpha value is -1.99. The number of nitrogens with zero attached hydrogens (tertiary/aromatic N) is 2. The summed E-state index contributed by atoms with van der Waals surface area (Å²) in [6.45, 7) is 3.99. The smallest absolute Gasteiger partial charge is 0.263 e. The van der Waals surface area contributed by atoms with Crippen molar-refractivity contribution in [2.24, 2.45) is 5.92 Å². The third kappa shape index (κ3) is 3.46. The SMILES string of the molecule is Cc1nc2sc3c(c2c(=O)n1CC(=O)Nc1ccccc1Br)CCC(C)C3. The van der Waals surface area contributed by atoms with Gasteiger partial charge in [0.2, 0.25) is 5.91 Å². The number of para-hydroxylation sites is 1. The van der Waals surface area contributed by atoms with Crippen molar-refractivity contribution in [1.82, 2.24) is 9.55 Å². The van der Waals surface area contributed by atoms with E-state index in [1.165, 1.54) is 9.44 Å². The van der Waals surface area contributed by atoms with E-state index in [-0.39, 0.29) is 18.0 Å². The molecule has 1 amide bonds. The Morgan fingerprint density at radius 2 is 2.19 bits per heavy atom. The van der Waals surface area contributed by atoms with E-state index in [9.17, 15) is 9.59 Å². The Labute approximate surface area is 169 Å². The van der Waals surface area contributed by atoms with Crippen LogP contribution in [0.15, 0.2) is 33.5 Å². The Balaban J connectivity index is 1.69. The summed E-state index contributed by atoms with van der Waals surface area (Å²) in [5.74, 6) is 0.969. The standard InChI is InChI=1S/C20H20BrN3O2S/c1-11-7-8-13-16(9-11)27-19-18(13)20(26)24(12(2)22-19)10-17(25)23-15-6-4-3-5-14(15)21/h3-6,11H,7-10H2,1-2H3,(H,23,25). The molecule has 0 saturated carbocycles. The van der Waals surface area contributed by atoms with Gasteiger partial charge in [-0.15, -0.1) is 11.3 Å². The molecule has 1 aliphatic rings. The molecule has 1 aliphatic carbocycles. The average Bonchev–Trinajstić information content (AvgIpc) is 2.97. The van der Waals surface area contributed by atoms with Crippen LogP contribution in [0.3, 0.4) is 0 Å². The van der Waals surface area contributed by atoms with Crippen molar-refractivity contribution in [1.29, 1.82) is 0 Å². The minimum atomic E-state index is -0.244. The fourth-order valence-electron chi connectivity index (χ4n) is 3.61. The quantitative estimate of drug-likeness (QED) is 0.653. The van der Waals surface area contributed by atoms with Gasteiger partial charge in [0.15, 0.2) is 0 Å². The number of nitrogens with one attached hydrogen (secondary N) is 1. The van der Waals surface area contributed by atoms with Gasteiger partial charge in [-0.3, -0.25) is 14.2 Å². The molecule has 0 spiro atoms. The normalized spacial score (nSPS) is 16.3. The summed E-state index contributed by atoms with van der Waals surface area (Å²) < 4.78 is 2.29. The molecule has 7 heteroatoms. The van der Waals surface area contributed by atoms with Crippen LogP contribution in [0.25, 0.3) is 10.2 Å². The molecule has 1 aromatic carbocycles. The topological polar surface area (TPSA) is 64.0 Å². The van der Waals surface area contributed by atoms with E-state index in [2.05, 4.69) is 33.2 Å². The number of thiophene rings is 1. The number of fused-ring (bicyclic) bond motifs is 3. The molecule has 1 atom stereocenters. The van der Waals surface area contributed by atoms with Gasteiger partial charge in [0.05, 0.1) is 11.1 Å². The molecular formula is C20H20BrN3O2S. The van der Waals surface area contributed by atoms with Gasteiger partial charge in [-0.2, -0.15) is 0 Å². The van der Waals surface area contributed by atoms with Crippen LogP contribution in [0.1, 0.15) is 29.6 Å². The number of hydrogen-bond donors (Lipinski definition) is 1. The summed E-state index contributed by atoms with van der Waals surface area (Å²) in [6, 6.07) is 7.41. The van der Waals surface area contributed by atoms with E-state index in [1.54, 1.807) is 18.3 Å². The molecule has 1 unspecified atom stereocenters. The van der Waals surface area contributed by atoms with Gasteiger partial charge in [-0.25, -0.2) is 4.98 Å². The summed E-state index contributed by atoms with van der Waals surface area (Å²) in [5.41, 5.74) is 1.72. The highest BCUT2D eigenvalue weighted by Gasteiger charge is 2.24. The van der Waals surface area contributed by atoms with Gasteiger partial charge in [0, 0.05) is 9.35 Å². The van der Waals surface area contributed by atoms with E-state index >= 15 is 0 Å². The summed E-state index contributed by atoms with van der Waals surface area (Å²) in [6.07, 6.45) is 3.02. The fourth-order valence-corrected chi connectivity index (χ4v) is 5.41.